The summed E-state index contributed by atoms with van der Waals surface area (Å²) in [5, 5.41) is 10.2. The molecule has 0 radical (unpaired) electrons. The first-order valence-electron chi connectivity index (χ1n) is 13.8. The topological polar surface area (TPSA) is 134 Å². The van der Waals surface area contributed by atoms with E-state index in [1.165, 1.54) is 21.4 Å². The van der Waals surface area contributed by atoms with Crippen molar-refractivity contribution in [1.29, 1.82) is 0 Å². The third-order valence-electron chi connectivity index (χ3n) is 7.32. The molecule has 11 nitrogen and oxygen atoms in total. The number of thiazole rings is 1. The van der Waals surface area contributed by atoms with Gasteiger partial charge in [0.2, 0.25) is 5.95 Å². The van der Waals surface area contributed by atoms with Crippen LogP contribution in [0, 0.1) is 0 Å². The van der Waals surface area contributed by atoms with Crippen LogP contribution in [0.4, 0.5) is 17.3 Å². The Labute approximate surface area is 249 Å². The molecule has 5 rings (SSSR count). The third kappa shape index (κ3) is 6.18. The number of sulfone groups is 1. The van der Waals surface area contributed by atoms with Gasteiger partial charge in [-0.1, -0.05) is 6.58 Å². The van der Waals surface area contributed by atoms with Gasteiger partial charge in [0.25, 0.3) is 5.56 Å². The summed E-state index contributed by atoms with van der Waals surface area (Å²) < 4.78 is 27.5. The minimum absolute atomic E-state index is 0.00928. The molecule has 1 aromatic carbocycles. The fourth-order valence-corrected chi connectivity index (χ4v) is 6.99. The fraction of sp³-hybridized carbons (Fsp3) is 0.379. The standard InChI is InChI=1S/C29H36N8O3S2/c1-18(2)42(39,40)27-25(41-17-32-27)16-37-26-20(14-24(28(37)38)19(3)36(4)5)15-31-29(35-26)34-22-8-6-21(7-9-22)33-23-10-12-30-13-11-23/h6-9,14-15,17-18,23,30,33H,3,10-13,16H2,1-2,4-5H3,(H,31,34,35). The Hall–Kier alpha value is -3.81. The van der Waals surface area contributed by atoms with Gasteiger partial charge in [0, 0.05) is 48.8 Å². The number of rotatable bonds is 10. The summed E-state index contributed by atoms with van der Waals surface area (Å²) in [7, 11) is -0.0295. The highest BCUT2D eigenvalue weighted by Gasteiger charge is 2.27. The largest absolute Gasteiger partial charge is 0.382 e. The molecule has 0 bridgehead atoms. The van der Waals surface area contributed by atoms with Gasteiger partial charge >= 0.3 is 0 Å². The van der Waals surface area contributed by atoms with E-state index in [4.69, 9.17) is 4.98 Å². The van der Waals surface area contributed by atoms with E-state index in [0.29, 0.717) is 39.2 Å². The smallest absolute Gasteiger partial charge is 0.261 e. The van der Waals surface area contributed by atoms with Crippen molar-refractivity contribution in [3.8, 4) is 0 Å². The summed E-state index contributed by atoms with van der Waals surface area (Å²) in [5.74, 6) is 0.313. The number of nitrogens with one attached hydrogen (secondary N) is 3. The van der Waals surface area contributed by atoms with Crippen molar-refractivity contribution >= 4 is 55.2 Å². The zero-order valence-corrected chi connectivity index (χ0v) is 25.8. The highest BCUT2D eigenvalue weighted by Crippen LogP contribution is 2.26. The van der Waals surface area contributed by atoms with Gasteiger partial charge < -0.3 is 20.9 Å². The Morgan fingerprint density at radius 1 is 1.17 bits per heavy atom. The fourth-order valence-electron chi connectivity index (χ4n) is 4.76. The van der Waals surface area contributed by atoms with Gasteiger partial charge in [-0.05, 0) is 70.1 Å². The molecular weight excluding hydrogens is 573 g/mol. The molecule has 0 atom stereocenters. The Kier molecular flexibility index (Phi) is 8.62. The molecule has 0 spiro atoms. The molecule has 4 heterocycles. The van der Waals surface area contributed by atoms with E-state index >= 15 is 0 Å². The van der Waals surface area contributed by atoms with E-state index in [1.807, 2.05) is 38.4 Å². The quantitative estimate of drug-likeness (QED) is 0.243. The van der Waals surface area contributed by atoms with Crippen LogP contribution < -0.4 is 21.5 Å². The van der Waals surface area contributed by atoms with Crippen LogP contribution in [0.25, 0.3) is 16.7 Å². The summed E-state index contributed by atoms with van der Waals surface area (Å²) in [6.07, 6.45) is 3.82. The van der Waals surface area contributed by atoms with E-state index in [2.05, 4.69) is 32.5 Å². The molecule has 0 saturated carbocycles. The lowest BCUT2D eigenvalue weighted by Crippen LogP contribution is -2.35. The zero-order chi connectivity index (χ0) is 30.0. The normalized spacial score (nSPS) is 14.3. The molecular formula is C29H36N8O3S2. The molecule has 0 amide bonds. The second-order valence-electron chi connectivity index (χ2n) is 10.8. The average molecular weight is 609 g/mol. The van der Waals surface area contributed by atoms with E-state index in [1.54, 1.807) is 31.0 Å². The number of benzene rings is 1. The molecule has 4 aromatic rings. The molecule has 3 N–H and O–H groups in total. The molecule has 42 heavy (non-hydrogen) atoms. The van der Waals surface area contributed by atoms with Gasteiger partial charge in [-0.3, -0.25) is 9.36 Å². The van der Waals surface area contributed by atoms with Crippen LogP contribution in [0.3, 0.4) is 0 Å². The van der Waals surface area contributed by atoms with Gasteiger partial charge in [0.1, 0.15) is 5.65 Å². The van der Waals surface area contributed by atoms with E-state index in [-0.39, 0.29) is 17.1 Å². The number of aromatic nitrogens is 4. The predicted octanol–water partition coefficient (Wildman–Crippen LogP) is 3.92. The minimum Gasteiger partial charge on any atom is -0.382 e. The lowest BCUT2D eigenvalue weighted by Gasteiger charge is -2.24. The number of nitrogens with zero attached hydrogens (tertiary/aromatic N) is 5. The summed E-state index contributed by atoms with van der Waals surface area (Å²) >= 11 is 1.20. The van der Waals surface area contributed by atoms with Crippen molar-refractivity contribution in [1.82, 2.24) is 29.7 Å². The highest BCUT2D eigenvalue weighted by molar-refractivity contribution is 7.92. The minimum atomic E-state index is -3.65. The number of fused-ring (bicyclic) bond motifs is 1. The Morgan fingerprint density at radius 3 is 2.52 bits per heavy atom. The van der Waals surface area contributed by atoms with Gasteiger partial charge in [-0.25, -0.2) is 18.4 Å². The summed E-state index contributed by atoms with van der Waals surface area (Å²) in [6, 6.07) is 10.1. The molecule has 3 aromatic heterocycles. The van der Waals surface area contributed by atoms with Crippen LogP contribution in [0.5, 0.6) is 0 Å². The Bertz CT molecular complexity index is 1760. The molecule has 1 aliphatic rings. The van der Waals surface area contributed by atoms with Crippen LogP contribution in [0.2, 0.25) is 0 Å². The van der Waals surface area contributed by atoms with Crippen molar-refractivity contribution < 1.29 is 8.42 Å². The molecule has 1 aliphatic heterocycles. The van der Waals surface area contributed by atoms with Crippen molar-refractivity contribution in [2.75, 3.05) is 37.8 Å². The Balaban J connectivity index is 1.50. The highest BCUT2D eigenvalue weighted by atomic mass is 32.2. The number of anilines is 3. The van der Waals surface area contributed by atoms with Crippen molar-refractivity contribution in [3.05, 3.63) is 69.4 Å². The Morgan fingerprint density at radius 2 is 1.86 bits per heavy atom. The van der Waals surface area contributed by atoms with Crippen LogP contribution in [0.15, 0.2) is 58.4 Å². The van der Waals surface area contributed by atoms with Gasteiger partial charge in [-0.2, -0.15) is 4.98 Å². The molecule has 222 valence electrons. The molecule has 0 aliphatic carbocycles. The third-order valence-corrected chi connectivity index (χ3v) is 10.4. The lowest BCUT2D eigenvalue weighted by atomic mass is 10.1. The van der Waals surface area contributed by atoms with E-state index < -0.39 is 15.1 Å². The molecule has 1 saturated heterocycles. The maximum absolute atomic E-state index is 13.8. The predicted molar refractivity (Wildman–Crippen MR) is 169 cm³/mol. The maximum atomic E-state index is 13.8. The zero-order valence-electron chi connectivity index (χ0n) is 24.2. The maximum Gasteiger partial charge on any atom is 0.261 e. The van der Waals surface area contributed by atoms with Crippen LogP contribution in [-0.2, 0) is 16.4 Å². The SMILES string of the molecule is C=C(c1cc2cnc(Nc3ccc(NC4CCNCC4)cc3)nc2n(Cc2scnc2S(=O)(=O)C(C)C)c1=O)N(C)C. The number of pyridine rings is 1. The second kappa shape index (κ2) is 12.2. The molecule has 1 fully saturated rings. The second-order valence-corrected chi connectivity index (χ2v) is 14.2. The first kappa shape index (κ1) is 29.7. The number of hydrogen-bond donors (Lipinski definition) is 3. The monoisotopic (exact) mass is 608 g/mol. The van der Waals surface area contributed by atoms with Crippen molar-refractivity contribution in [3.63, 3.8) is 0 Å². The van der Waals surface area contributed by atoms with Crippen LogP contribution >= 0.6 is 11.3 Å². The van der Waals surface area contributed by atoms with Crippen LogP contribution in [-0.4, -0.2) is 71.3 Å². The summed E-state index contributed by atoms with van der Waals surface area (Å²) in [5.41, 5.74) is 4.28. The van der Waals surface area contributed by atoms with Gasteiger partial charge in [0.05, 0.1) is 27.7 Å². The average Bonchev–Trinajstić information content (AvgIpc) is 3.45. The van der Waals surface area contributed by atoms with Crippen molar-refractivity contribution in [2.24, 2.45) is 0 Å². The first-order valence-corrected chi connectivity index (χ1v) is 16.2. The van der Waals surface area contributed by atoms with E-state index in [9.17, 15) is 13.2 Å². The van der Waals surface area contributed by atoms with Gasteiger partial charge in [-0.15, -0.1) is 11.3 Å². The number of hydrogen-bond acceptors (Lipinski definition) is 11. The number of piperidine rings is 1. The van der Waals surface area contributed by atoms with Crippen molar-refractivity contribution in [2.45, 2.75) is 49.6 Å². The lowest BCUT2D eigenvalue weighted by molar-refractivity contribution is 0.479. The molecule has 0 unspecified atom stereocenters. The summed E-state index contributed by atoms with van der Waals surface area (Å²) in [4.78, 5) is 29.4. The van der Waals surface area contributed by atoms with Gasteiger partial charge in [0.15, 0.2) is 14.9 Å². The molecule has 13 heteroatoms. The first-order chi connectivity index (χ1) is 20.0. The summed E-state index contributed by atoms with van der Waals surface area (Å²) in [6.45, 7) is 9.33. The van der Waals surface area contributed by atoms with E-state index in [0.717, 1.165) is 37.3 Å². The van der Waals surface area contributed by atoms with Crippen LogP contribution in [0.1, 0.15) is 37.1 Å².